The second-order valence-electron chi connectivity index (χ2n) is 6.06. The first-order valence-electron chi connectivity index (χ1n) is 8.37. The first-order valence-corrected chi connectivity index (χ1v) is 10.8. The van der Waals surface area contributed by atoms with Crippen molar-refractivity contribution in [3.05, 3.63) is 54.1 Å². The predicted octanol–water partition coefficient (Wildman–Crippen LogP) is 3.90. The van der Waals surface area contributed by atoms with E-state index in [4.69, 9.17) is 0 Å². The summed E-state index contributed by atoms with van der Waals surface area (Å²) in [6, 6.07) is 13.0. The number of benzene rings is 2. The molecule has 6 nitrogen and oxygen atoms in total. The summed E-state index contributed by atoms with van der Waals surface area (Å²) in [5.41, 5.74) is 0.636. The first-order chi connectivity index (χ1) is 12.7. The van der Waals surface area contributed by atoms with Crippen LogP contribution in [0.2, 0.25) is 0 Å². The van der Waals surface area contributed by atoms with Crippen LogP contribution in [-0.2, 0) is 9.84 Å². The van der Waals surface area contributed by atoms with Crippen molar-refractivity contribution in [3.63, 3.8) is 0 Å². The highest BCUT2D eigenvalue weighted by Gasteiger charge is 2.21. The topological polar surface area (TPSA) is 83.5 Å². The van der Waals surface area contributed by atoms with Crippen LogP contribution in [0.5, 0.6) is 0 Å². The molecule has 2 aromatic carbocycles. The third-order valence-electron chi connectivity index (χ3n) is 3.62. The number of sulfone groups is 1. The highest BCUT2D eigenvalue weighted by molar-refractivity contribution is 8.13. The summed E-state index contributed by atoms with van der Waals surface area (Å²) in [6.07, 6.45) is 0.475. The third-order valence-corrected chi connectivity index (χ3v) is 6.64. The molecule has 0 spiro atoms. The molecule has 0 saturated heterocycles. The fraction of sp³-hybridized carbons (Fsp3) is 0.263. The van der Waals surface area contributed by atoms with Gasteiger partial charge in [-0.05, 0) is 54.6 Å². The molecule has 0 saturated carbocycles. The van der Waals surface area contributed by atoms with Gasteiger partial charge in [0.15, 0.2) is 9.84 Å². The molecular weight excluding hydrogens is 384 g/mol. The van der Waals surface area contributed by atoms with E-state index in [0.29, 0.717) is 12.1 Å². The predicted molar refractivity (Wildman–Crippen MR) is 108 cm³/mol. The van der Waals surface area contributed by atoms with E-state index in [0.717, 1.165) is 16.7 Å². The number of hydrogen-bond donors (Lipinski definition) is 1. The molecule has 0 bridgehead atoms. The van der Waals surface area contributed by atoms with E-state index >= 15 is 0 Å². The number of rotatable bonds is 6. The highest BCUT2D eigenvalue weighted by atomic mass is 32.2. The Morgan fingerprint density at radius 2 is 1.67 bits per heavy atom. The molecule has 0 heterocycles. The zero-order chi connectivity index (χ0) is 20.0. The fourth-order valence-corrected chi connectivity index (χ4v) is 4.50. The third kappa shape index (κ3) is 5.58. The van der Waals surface area contributed by atoms with Gasteiger partial charge in [-0.25, -0.2) is 8.42 Å². The van der Waals surface area contributed by atoms with Gasteiger partial charge in [0.25, 0.3) is 11.1 Å². The van der Waals surface area contributed by atoms with Crippen molar-refractivity contribution in [3.8, 4) is 0 Å². The smallest absolute Gasteiger partial charge is 0.285 e. The molecule has 0 aliphatic rings. The number of nitrogens with zero attached hydrogens (tertiary/aromatic N) is 1. The molecule has 0 fully saturated rings. The second-order valence-corrected chi connectivity index (χ2v) is 9.16. The summed E-state index contributed by atoms with van der Waals surface area (Å²) in [6.45, 7) is 1.78. The molecule has 0 atom stereocenters. The van der Waals surface area contributed by atoms with Crippen molar-refractivity contribution in [1.82, 2.24) is 4.90 Å². The number of thioether (sulfide) groups is 1. The lowest BCUT2D eigenvalue weighted by Gasteiger charge is -2.11. The number of nitrogens with one attached hydrogen (secondary N) is 1. The molecule has 144 valence electrons. The molecule has 0 aliphatic heterocycles. The van der Waals surface area contributed by atoms with Crippen LogP contribution in [0.25, 0.3) is 0 Å². The first kappa shape index (κ1) is 21.0. The molecule has 8 heteroatoms. The van der Waals surface area contributed by atoms with Crippen molar-refractivity contribution in [2.75, 3.05) is 25.2 Å². The van der Waals surface area contributed by atoms with E-state index in [1.54, 1.807) is 57.4 Å². The minimum Gasteiger partial charge on any atom is -0.339 e. The van der Waals surface area contributed by atoms with Gasteiger partial charge < -0.3 is 10.2 Å². The monoisotopic (exact) mass is 406 g/mol. The summed E-state index contributed by atoms with van der Waals surface area (Å²) in [5, 5.41) is 2.61. The number of carbonyl (C=O) groups is 2. The molecule has 27 heavy (non-hydrogen) atoms. The minimum atomic E-state index is -3.51. The van der Waals surface area contributed by atoms with Crippen LogP contribution >= 0.6 is 11.8 Å². The maximum atomic E-state index is 12.6. The van der Waals surface area contributed by atoms with E-state index in [9.17, 15) is 18.0 Å². The highest BCUT2D eigenvalue weighted by Crippen LogP contribution is 2.24. The second kappa shape index (κ2) is 9.05. The molecule has 0 unspecified atom stereocenters. The Morgan fingerprint density at radius 1 is 1.04 bits per heavy atom. The number of amides is 2. The lowest BCUT2D eigenvalue weighted by molar-refractivity contribution is 0.102. The number of carbonyl (C=O) groups excluding carboxylic acids is 2. The molecule has 0 radical (unpaired) electrons. The van der Waals surface area contributed by atoms with E-state index in [2.05, 4.69) is 5.32 Å². The normalized spacial score (nSPS) is 11.1. The SMILES string of the molecule is CCCS(=O)(=O)c1ccccc1C(=O)Nc1ccc(SC(=O)N(C)C)cc1. The van der Waals surface area contributed by atoms with Gasteiger partial charge in [0.2, 0.25) is 0 Å². The summed E-state index contributed by atoms with van der Waals surface area (Å²) < 4.78 is 24.8. The Kier molecular flexibility index (Phi) is 7.04. The van der Waals surface area contributed by atoms with Crippen molar-refractivity contribution in [2.24, 2.45) is 0 Å². The molecule has 2 rings (SSSR count). The Hall–Kier alpha value is -2.32. The van der Waals surface area contributed by atoms with Crippen molar-refractivity contribution >= 4 is 38.4 Å². The number of hydrogen-bond acceptors (Lipinski definition) is 5. The summed E-state index contributed by atoms with van der Waals surface area (Å²) in [5.74, 6) is -0.501. The van der Waals surface area contributed by atoms with Gasteiger partial charge in [0.1, 0.15) is 0 Å². The zero-order valence-electron chi connectivity index (χ0n) is 15.4. The summed E-state index contributed by atoms with van der Waals surface area (Å²) in [7, 11) is -0.164. The van der Waals surface area contributed by atoms with Gasteiger partial charge in [-0.3, -0.25) is 9.59 Å². The van der Waals surface area contributed by atoms with Gasteiger partial charge in [-0.2, -0.15) is 0 Å². The lowest BCUT2D eigenvalue weighted by Crippen LogP contribution is -2.17. The molecule has 0 aromatic heterocycles. The van der Waals surface area contributed by atoms with Gasteiger partial charge in [0, 0.05) is 24.7 Å². The van der Waals surface area contributed by atoms with Gasteiger partial charge in [-0.1, -0.05) is 19.1 Å². The lowest BCUT2D eigenvalue weighted by atomic mass is 10.2. The largest absolute Gasteiger partial charge is 0.339 e. The van der Waals surface area contributed by atoms with E-state index < -0.39 is 15.7 Å². The van der Waals surface area contributed by atoms with Gasteiger partial charge in [0.05, 0.1) is 16.2 Å². The Labute approximate surface area is 163 Å². The Balaban J connectivity index is 2.18. The fourth-order valence-electron chi connectivity index (χ4n) is 2.30. The zero-order valence-corrected chi connectivity index (χ0v) is 17.1. The van der Waals surface area contributed by atoms with Crippen LogP contribution in [0.3, 0.4) is 0 Å². The van der Waals surface area contributed by atoms with Crippen LogP contribution in [0.15, 0.2) is 58.3 Å². The minimum absolute atomic E-state index is 0.0108. The maximum absolute atomic E-state index is 12.6. The van der Waals surface area contributed by atoms with E-state index in [1.807, 2.05) is 0 Å². The Bertz CT molecular complexity index is 923. The standard InChI is InChI=1S/C19H22N2O4S2/c1-4-13-27(24,25)17-8-6-5-7-16(17)18(22)20-14-9-11-15(12-10-14)26-19(23)21(2)3/h5-12H,4,13H2,1-3H3,(H,20,22). The Morgan fingerprint density at radius 3 is 2.26 bits per heavy atom. The van der Waals surface area contributed by atoms with Crippen LogP contribution < -0.4 is 5.32 Å². The van der Waals surface area contributed by atoms with E-state index in [-0.39, 0.29) is 21.5 Å². The summed E-state index contributed by atoms with van der Waals surface area (Å²) >= 11 is 1.08. The number of anilines is 1. The van der Waals surface area contributed by atoms with Gasteiger partial charge in [-0.15, -0.1) is 0 Å². The van der Waals surface area contributed by atoms with Crippen molar-refractivity contribution in [2.45, 2.75) is 23.1 Å². The van der Waals surface area contributed by atoms with E-state index in [1.165, 1.54) is 17.0 Å². The van der Waals surface area contributed by atoms with Crippen LogP contribution in [0, 0.1) is 0 Å². The van der Waals surface area contributed by atoms with Gasteiger partial charge >= 0.3 is 0 Å². The molecule has 0 aliphatic carbocycles. The molecule has 2 aromatic rings. The quantitative estimate of drug-likeness (QED) is 0.736. The summed E-state index contributed by atoms with van der Waals surface area (Å²) in [4.78, 5) is 26.6. The van der Waals surface area contributed by atoms with Crippen LogP contribution in [0.1, 0.15) is 23.7 Å². The molecule has 2 amide bonds. The molecule has 1 N–H and O–H groups in total. The average Bonchev–Trinajstić information content (AvgIpc) is 2.63. The van der Waals surface area contributed by atoms with Crippen molar-refractivity contribution in [1.29, 1.82) is 0 Å². The van der Waals surface area contributed by atoms with Crippen LogP contribution in [-0.4, -0.2) is 44.3 Å². The maximum Gasteiger partial charge on any atom is 0.285 e. The van der Waals surface area contributed by atoms with Crippen molar-refractivity contribution < 1.29 is 18.0 Å². The van der Waals surface area contributed by atoms with Crippen LogP contribution in [0.4, 0.5) is 10.5 Å². The average molecular weight is 407 g/mol. The molecular formula is C19H22N2O4S2.